The summed E-state index contributed by atoms with van der Waals surface area (Å²) in [4.78, 5) is 17.0. The molecule has 1 N–H and O–H groups in total. The third-order valence-electron chi connectivity index (χ3n) is 3.97. The lowest BCUT2D eigenvalue weighted by Gasteiger charge is -2.19. The number of rotatable bonds is 5. The summed E-state index contributed by atoms with van der Waals surface area (Å²) in [5, 5.41) is 11.1. The Morgan fingerprint density at radius 2 is 1.97 bits per heavy atom. The van der Waals surface area contributed by atoms with Crippen LogP contribution in [0.5, 0.6) is 0 Å². The van der Waals surface area contributed by atoms with Crippen LogP contribution in [0.1, 0.15) is 37.6 Å². The number of thiophene rings is 1. The Morgan fingerprint density at radius 3 is 2.68 bits per heavy atom. The summed E-state index contributed by atoms with van der Waals surface area (Å²) >= 11 is 8.54. The zero-order valence-corrected chi connectivity index (χ0v) is 19.3. The van der Waals surface area contributed by atoms with Crippen molar-refractivity contribution < 1.29 is 18.3 Å². The van der Waals surface area contributed by atoms with Crippen LogP contribution < -0.4 is 5.32 Å². The number of aromatic nitrogens is 3. The number of benzene rings is 1. The lowest BCUT2D eigenvalue weighted by Crippen LogP contribution is -2.32. The number of fused-ring (bicyclic) bond motifs is 1. The van der Waals surface area contributed by atoms with Crippen molar-refractivity contribution in [3.05, 3.63) is 51.2 Å². The molecule has 162 valence electrons. The Balaban J connectivity index is 1.46. The summed E-state index contributed by atoms with van der Waals surface area (Å²) in [6.45, 7) is 5.37. The van der Waals surface area contributed by atoms with E-state index in [-0.39, 0.29) is 24.7 Å². The maximum atomic E-state index is 15.0. The highest BCUT2D eigenvalue weighted by Gasteiger charge is 2.18. The van der Waals surface area contributed by atoms with Crippen LogP contribution in [0.2, 0.25) is 4.34 Å². The molecule has 4 aromatic rings. The predicted molar refractivity (Wildman–Crippen MR) is 118 cm³/mol. The Bertz CT molecular complexity index is 1240. The molecule has 0 aliphatic heterocycles. The number of ether oxygens (including phenoxy) is 1. The molecule has 4 rings (SSSR count). The van der Waals surface area contributed by atoms with Crippen molar-refractivity contribution in [3.8, 4) is 10.4 Å². The molecule has 11 heteroatoms. The predicted octanol–water partition coefficient (Wildman–Crippen LogP) is 5.82. The van der Waals surface area contributed by atoms with Gasteiger partial charge in [-0.2, -0.15) is 0 Å². The van der Waals surface area contributed by atoms with Crippen molar-refractivity contribution in [1.82, 2.24) is 20.5 Å². The van der Waals surface area contributed by atoms with Crippen molar-refractivity contribution in [2.75, 3.05) is 0 Å². The number of halogens is 2. The molecule has 7 nitrogen and oxygen atoms in total. The van der Waals surface area contributed by atoms with Crippen molar-refractivity contribution in [3.63, 3.8) is 0 Å². The number of thiazole rings is 1. The molecule has 0 aliphatic rings. The molecule has 0 radical (unpaired) electrons. The van der Waals surface area contributed by atoms with E-state index in [1.54, 1.807) is 45.0 Å². The second kappa shape index (κ2) is 8.52. The molecular formula is C20H18ClFN4O3S2. The molecule has 0 saturated carbocycles. The quantitative estimate of drug-likeness (QED) is 0.387. The number of amides is 1. The minimum atomic E-state index is -0.595. The normalized spacial score (nSPS) is 11.8. The molecule has 0 bridgehead atoms. The third kappa shape index (κ3) is 5.20. The monoisotopic (exact) mass is 480 g/mol. The topological polar surface area (TPSA) is 90.1 Å². The van der Waals surface area contributed by atoms with Gasteiger partial charge in [-0.25, -0.2) is 14.2 Å². The first-order valence-electron chi connectivity index (χ1n) is 9.30. The van der Waals surface area contributed by atoms with Gasteiger partial charge in [-0.05, 0) is 45.0 Å². The molecule has 3 aromatic heterocycles. The van der Waals surface area contributed by atoms with Crippen molar-refractivity contribution in [2.45, 2.75) is 39.3 Å². The van der Waals surface area contributed by atoms with Crippen LogP contribution in [-0.4, -0.2) is 26.9 Å². The van der Waals surface area contributed by atoms with Gasteiger partial charge in [0, 0.05) is 10.4 Å². The van der Waals surface area contributed by atoms with Crippen molar-refractivity contribution in [2.24, 2.45) is 0 Å². The molecule has 0 saturated heterocycles. The van der Waals surface area contributed by atoms with Gasteiger partial charge in [0.05, 0.1) is 27.5 Å². The summed E-state index contributed by atoms with van der Waals surface area (Å²) < 4.78 is 26.8. The highest BCUT2D eigenvalue weighted by molar-refractivity contribution is 7.20. The fraction of sp³-hybridized carbons (Fsp3) is 0.300. The molecule has 1 aromatic carbocycles. The Labute approximate surface area is 190 Å². The number of carbonyl (C=O) groups excluding carboxylic acids is 1. The number of carbonyl (C=O) groups is 1. The first kappa shape index (κ1) is 21.7. The van der Waals surface area contributed by atoms with Crippen LogP contribution in [-0.2, 0) is 17.7 Å². The molecular weight excluding hydrogens is 463 g/mol. The first-order chi connectivity index (χ1) is 14.7. The summed E-state index contributed by atoms with van der Waals surface area (Å²) in [5.74, 6) is 0.239. The van der Waals surface area contributed by atoms with E-state index in [1.807, 2.05) is 0 Å². The lowest BCUT2D eigenvalue weighted by molar-refractivity contribution is 0.0518. The molecule has 0 atom stereocenters. The van der Waals surface area contributed by atoms with Gasteiger partial charge >= 0.3 is 6.09 Å². The van der Waals surface area contributed by atoms with E-state index in [2.05, 4.69) is 20.5 Å². The molecule has 0 aliphatic carbocycles. The van der Waals surface area contributed by atoms with Crippen LogP contribution in [0.4, 0.5) is 9.18 Å². The van der Waals surface area contributed by atoms with Crippen molar-refractivity contribution >= 4 is 50.6 Å². The van der Waals surface area contributed by atoms with Gasteiger partial charge in [0.25, 0.3) is 0 Å². The highest BCUT2D eigenvalue weighted by Crippen LogP contribution is 2.37. The fourth-order valence-electron chi connectivity index (χ4n) is 2.75. The Kier molecular flexibility index (Phi) is 5.96. The fourth-order valence-corrected chi connectivity index (χ4v) is 4.81. The highest BCUT2D eigenvalue weighted by atomic mass is 35.5. The molecule has 3 heterocycles. The second-order valence-corrected chi connectivity index (χ2v) is 10.4. The zero-order valence-electron chi connectivity index (χ0n) is 16.9. The molecule has 0 unspecified atom stereocenters. The smallest absolute Gasteiger partial charge is 0.408 e. The van der Waals surface area contributed by atoms with Gasteiger partial charge < -0.3 is 14.5 Å². The zero-order chi connectivity index (χ0) is 22.2. The summed E-state index contributed by atoms with van der Waals surface area (Å²) in [5.41, 5.74) is 0.463. The van der Waals surface area contributed by atoms with E-state index in [4.69, 9.17) is 20.8 Å². The third-order valence-corrected chi connectivity index (χ3v) is 6.30. The number of nitrogens with one attached hydrogen (secondary N) is 1. The van der Waals surface area contributed by atoms with Crippen LogP contribution in [0, 0.1) is 5.82 Å². The van der Waals surface area contributed by atoms with Crippen LogP contribution in [0.3, 0.4) is 0 Å². The molecule has 0 spiro atoms. The average molecular weight is 481 g/mol. The van der Waals surface area contributed by atoms with Gasteiger partial charge in [-0.3, -0.25) is 0 Å². The molecule has 1 amide bonds. The second-order valence-electron chi connectivity index (χ2n) is 7.61. The number of hydrogen-bond acceptors (Lipinski definition) is 8. The Hall–Kier alpha value is -2.56. The minimum absolute atomic E-state index is 0.0448. The largest absolute Gasteiger partial charge is 0.444 e. The summed E-state index contributed by atoms with van der Waals surface area (Å²) in [7, 11) is 0. The molecule has 31 heavy (non-hydrogen) atoms. The van der Waals surface area contributed by atoms with Gasteiger partial charge in [0.15, 0.2) is 5.82 Å². The lowest BCUT2D eigenvalue weighted by atomic mass is 10.1. The van der Waals surface area contributed by atoms with Gasteiger partial charge in [0.1, 0.15) is 10.6 Å². The Morgan fingerprint density at radius 1 is 1.19 bits per heavy atom. The van der Waals surface area contributed by atoms with E-state index in [0.29, 0.717) is 31.0 Å². The van der Waals surface area contributed by atoms with Crippen molar-refractivity contribution in [1.29, 1.82) is 0 Å². The van der Waals surface area contributed by atoms with Gasteiger partial charge in [0.2, 0.25) is 11.8 Å². The van der Waals surface area contributed by atoms with Crippen LogP contribution in [0.25, 0.3) is 20.7 Å². The maximum absolute atomic E-state index is 15.0. The SMILES string of the molecule is CC(C)(C)OC(=O)NCc1nnc(Cc2nc3ccc(-c4ccc(Cl)s4)c(F)c3s2)o1. The molecule has 0 fully saturated rings. The number of hydrogen-bond donors (Lipinski definition) is 1. The van der Waals surface area contributed by atoms with E-state index >= 15 is 4.39 Å². The maximum Gasteiger partial charge on any atom is 0.408 e. The van der Waals surface area contributed by atoms with E-state index in [0.717, 1.165) is 4.88 Å². The minimum Gasteiger partial charge on any atom is -0.444 e. The number of alkyl carbamates (subject to hydrolysis) is 1. The average Bonchev–Trinajstić information content (AvgIpc) is 3.39. The van der Waals surface area contributed by atoms with Gasteiger partial charge in [-0.1, -0.05) is 11.6 Å². The van der Waals surface area contributed by atoms with E-state index < -0.39 is 11.7 Å². The first-order valence-corrected chi connectivity index (χ1v) is 11.3. The summed E-state index contributed by atoms with van der Waals surface area (Å²) in [6.07, 6.45) is -0.310. The van der Waals surface area contributed by atoms with E-state index in [1.165, 1.54) is 22.7 Å². The standard InChI is InChI=1S/C20H18ClFN4O3S2/c1-20(2,3)29-19(27)23-9-15-26-25-14(28-15)8-16-24-11-5-4-10(17(22)18(11)31-16)12-6-7-13(21)30-12/h4-7H,8-9H2,1-3H3,(H,23,27). The van der Waals surface area contributed by atoms with Crippen LogP contribution in [0.15, 0.2) is 28.7 Å². The number of nitrogens with zero attached hydrogens (tertiary/aromatic N) is 3. The summed E-state index contributed by atoms with van der Waals surface area (Å²) in [6, 6.07) is 7.03. The van der Waals surface area contributed by atoms with Crippen LogP contribution >= 0.6 is 34.3 Å². The van der Waals surface area contributed by atoms with E-state index in [9.17, 15) is 4.79 Å². The van der Waals surface area contributed by atoms with Gasteiger partial charge in [-0.15, -0.1) is 32.9 Å².